The first kappa shape index (κ1) is 33.5. The first-order valence-electron chi connectivity index (χ1n) is 13.7. The second-order valence-corrected chi connectivity index (χ2v) is 9.81. The highest BCUT2D eigenvalue weighted by Gasteiger charge is 2.52. The van der Waals surface area contributed by atoms with E-state index < -0.39 is 72.8 Å². The van der Waals surface area contributed by atoms with E-state index >= 15 is 0 Å². The van der Waals surface area contributed by atoms with E-state index in [9.17, 15) is 28.8 Å². The molecule has 0 bridgehead atoms. The monoisotopic (exact) mass is 610 g/mol. The molecule has 1 fully saturated rings. The SMILES string of the molecule is CC(=O)OC[C@H]1O[C@@H](CC(=O)/C=C/c2cccc(NC(=O)Nc3ccccc3)c2)[C@@H](OC(C)=O)[C@@H](OC(C)=O)[C@@H]1OC(C)=O. The van der Waals surface area contributed by atoms with E-state index in [0.29, 0.717) is 16.9 Å². The summed E-state index contributed by atoms with van der Waals surface area (Å²) in [4.78, 5) is 72.8. The lowest BCUT2D eigenvalue weighted by atomic mass is 9.91. The Hall–Kier alpha value is -5.04. The number of hydrogen-bond donors (Lipinski definition) is 2. The lowest BCUT2D eigenvalue weighted by molar-refractivity contribution is -0.252. The van der Waals surface area contributed by atoms with Gasteiger partial charge in [0.2, 0.25) is 0 Å². The van der Waals surface area contributed by atoms with Crippen molar-refractivity contribution in [1.29, 1.82) is 0 Å². The van der Waals surface area contributed by atoms with E-state index in [2.05, 4.69) is 10.6 Å². The van der Waals surface area contributed by atoms with Crippen molar-refractivity contribution in [2.24, 2.45) is 0 Å². The average molecular weight is 611 g/mol. The van der Waals surface area contributed by atoms with Crippen LogP contribution in [0, 0.1) is 0 Å². The van der Waals surface area contributed by atoms with Crippen molar-refractivity contribution in [3.05, 3.63) is 66.2 Å². The molecule has 0 saturated carbocycles. The number of ketones is 1. The number of esters is 4. The smallest absolute Gasteiger partial charge is 0.323 e. The van der Waals surface area contributed by atoms with Gasteiger partial charge in [0.15, 0.2) is 24.1 Å². The molecule has 44 heavy (non-hydrogen) atoms. The van der Waals surface area contributed by atoms with Gasteiger partial charge in [-0.2, -0.15) is 0 Å². The van der Waals surface area contributed by atoms with Crippen LogP contribution in [0.3, 0.4) is 0 Å². The van der Waals surface area contributed by atoms with Gasteiger partial charge in [0.25, 0.3) is 0 Å². The number of carbonyl (C=O) groups is 6. The van der Waals surface area contributed by atoms with E-state index in [4.69, 9.17) is 23.7 Å². The standard InChI is InChI=1S/C31H34N2O11/c1-18(34)40-17-27-29(42-20(3)36)30(43-21(4)37)28(41-19(2)35)26(44-27)16-25(38)14-13-22-9-8-12-24(15-22)33-31(39)32-23-10-6-5-7-11-23/h5-15,26-30H,16-17H2,1-4H3,(H2,32,33,39)/b14-13+/t26-,27+,28+,29+,30+/m0/s1. The van der Waals surface area contributed by atoms with Crippen LogP contribution in [0.1, 0.15) is 39.7 Å². The van der Waals surface area contributed by atoms with Crippen LogP contribution in [0.2, 0.25) is 0 Å². The molecular weight excluding hydrogens is 576 g/mol. The third-order valence-electron chi connectivity index (χ3n) is 6.13. The predicted octanol–water partition coefficient (Wildman–Crippen LogP) is 3.43. The molecule has 0 aliphatic carbocycles. The first-order valence-corrected chi connectivity index (χ1v) is 13.7. The maximum absolute atomic E-state index is 13.1. The molecule has 5 atom stereocenters. The lowest BCUT2D eigenvalue weighted by Crippen LogP contribution is -2.62. The molecule has 2 aromatic carbocycles. The van der Waals surface area contributed by atoms with E-state index in [-0.39, 0.29) is 6.42 Å². The predicted molar refractivity (Wildman–Crippen MR) is 156 cm³/mol. The van der Waals surface area contributed by atoms with Gasteiger partial charge in [0.05, 0.1) is 0 Å². The second-order valence-electron chi connectivity index (χ2n) is 9.81. The molecule has 0 spiro atoms. The fourth-order valence-corrected chi connectivity index (χ4v) is 4.47. The summed E-state index contributed by atoms with van der Waals surface area (Å²) >= 11 is 0. The van der Waals surface area contributed by atoms with Gasteiger partial charge in [-0.05, 0) is 35.9 Å². The van der Waals surface area contributed by atoms with Crippen LogP contribution in [-0.2, 0) is 47.7 Å². The Morgan fingerprint density at radius 1 is 0.705 bits per heavy atom. The Bertz CT molecular complexity index is 1390. The molecule has 234 valence electrons. The maximum atomic E-state index is 13.1. The third kappa shape index (κ3) is 10.7. The number of carbonyl (C=O) groups excluding carboxylic acids is 6. The largest absolute Gasteiger partial charge is 0.463 e. The summed E-state index contributed by atoms with van der Waals surface area (Å²) in [7, 11) is 0. The highest BCUT2D eigenvalue weighted by molar-refractivity contribution is 6.00. The van der Waals surface area contributed by atoms with Gasteiger partial charge in [0, 0.05) is 45.5 Å². The molecule has 13 heteroatoms. The summed E-state index contributed by atoms with van der Waals surface area (Å²) in [6.07, 6.45) is -3.86. The van der Waals surface area contributed by atoms with E-state index in [1.807, 2.05) is 6.07 Å². The number of ether oxygens (including phenoxy) is 5. The molecular formula is C31H34N2O11. The van der Waals surface area contributed by atoms with Crippen molar-refractivity contribution in [3.63, 3.8) is 0 Å². The van der Waals surface area contributed by atoms with Gasteiger partial charge < -0.3 is 34.3 Å². The normalized spacial score (nSPS) is 21.0. The molecule has 2 amide bonds. The molecule has 1 aliphatic rings. The number of amides is 2. The summed E-state index contributed by atoms with van der Waals surface area (Å²) in [5.74, 6) is -3.38. The zero-order valence-corrected chi connectivity index (χ0v) is 24.6. The summed E-state index contributed by atoms with van der Waals surface area (Å²) in [5, 5.41) is 5.43. The van der Waals surface area contributed by atoms with Crippen LogP contribution >= 0.6 is 0 Å². The fraction of sp³-hybridized carbons (Fsp3) is 0.355. The minimum Gasteiger partial charge on any atom is -0.463 e. The number of anilines is 2. The van der Waals surface area contributed by atoms with Crippen LogP contribution in [0.5, 0.6) is 0 Å². The second kappa shape index (κ2) is 16.0. The van der Waals surface area contributed by atoms with Crippen LogP contribution < -0.4 is 10.6 Å². The van der Waals surface area contributed by atoms with E-state index in [1.54, 1.807) is 48.5 Å². The number of hydrogen-bond acceptors (Lipinski definition) is 11. The van der Waals surface area contributed by atoms with Crippen molar-refractivity contribution in [1.82, 2.24) is 0 Å². The van der Waals surface area contributed by atoms with Crippen molar-refractivity contribution in [3.8, 4) is 0 Å². The van der Waals surface area contributed by atoms with Crippen LogP contribution in [0.4, 0.5) is 16.2 Å². The Morgan fingerprint density at radius 3 is 1.89 bits per heavy atom. The molecule has 1 aliphatic heterocycles. The number of benzene rings is 2. The Kier molecular flexibility index (Phi) is 12.2. The summed E-state index contributed by atoms with van der Waals surface area (Å²) in [5.41, 5.74) is 1.69. The first-order chi connectivity index (χ1) is 20.9. The molecule has 2 aromatic rings. The lowest BCUT2D eigenvalue weighted by Gasteiger charge is -2.44. The molecule has 1 heterocycles. The number of nitrogens with one attached hydrogen (secondary N) is 2. The molecule has 0 aromatic heterocycles. The quantitative estimate of drug-likeness (QED) is 0.217. The maximum Gasteiger partial charge on any atom is 0.323 e. The zero-order valence-electron chi connectivity index (χ0n) is 24.6. The minimum absolute atomic E-state index is 0.340. The molecule has 0 unspecified atom stereocenters. The van der Waals surface area contributed by atoms with E-state index in [0.717, 1.165) is 20.8 Å². The molecule has 13 nitrogen and oxygen atoms in total. The minimum atomic E-state index is -1.36. The summed E-state index contributed by atoms with van der Waals surface area (Å²) in [6, 6.07) is 15.2. The van der Waals surface area contributed by atoms with Crippen molar-refractivity contribution in [2.45, 2.75) is 64.6 Å². The molecule has 2 N–H and O–H groups in total. The van der Waals surface area contributed by atoms with Crippen molar-refractivity contribution >= 4 is 53.1 Å². The zero-order chi connectivity index (χ0) is 32.2. The highest BCUT2D eigenvalue weighted by Crippen LogP contribution is 2.31. The van der Waals surface area contributed by atoms with Gasteiger partial charge in [0.1, 0.15) is 18.8 Å². The van der Waals surface area contributed by atoms with Gasteiger partial charge in [-0.3, -0.25) is 24.0 Å². The summed E-state index contributed by atoms with van der Waals surface area (Å²) in [6.45, 7) is 4.13. The Labute approximate surface area is 253 Å². The number of para-hydroxylation sites is 1. The van der Waals surface area contributed by atoms with Gasteiger partial charge in [-0.15, -0.1) is 0 Å². The number of urea groups is 1. The third-order valence-corrected chi connectivity index (χ3v) is 6.13. The van der Waals surface area contributed by atoms with Crippen LogP contribution in [0.25, 0.3) is 6.08 Å². The number of rotatable bonds is 11. The summed E-state index contributed by atoms with van der Waals surface area (Å²) < 4.78 is 27.2. The Balaban J connectivity index is 1.77. The molecule has 0 radical (unpaired) electrons. The van der Waals surface area contributed by atoms with Gasteiger partial charge in [-0.1, -0.05) is 36.4 Å². The van der Waals surface area contributed by atoms with Gasteiger partial charge in [-0.25, -0.2) is 4.79 Å². The highest BCUT2D eigenvalue weighted by atomic mass is 16.7. The number of allylic oxidation sites excluding steroid dienone is 1. The van der Waals surface area contributed by atoms with Crippen molar-refractivity contribution < 1.29 is 52.5 Å². The fourth-order valence-electron chi connectivity index (χ4n) is 4.47. The average Bonchev–Trinajstić information content (AvgIpc) is 2.94. The van der Waals surface area contributed by atoms with Crippen molar-refractivity contribution in [2.75, 3.05) is 17.2 Å². The van der Waals surface area contributed by atoms with Gasteiger partial charge >= 0.3 is 29.9 Å². The van der Waals surface area contributed by atoms with Crippen LogP contribution in [-0.4, -0.2) is 72.8 Å². The Morgan fingerprint density at radius 2 is 1.27 bits per heavy atom. The molecule has 1 saturated heterocycles. The molecule has 3 rings (SSSR count). The van der Waals surface area contributed by atoms with Crippen LogP contribution in [0.15, 0.2) is 60.7 Å². The topological polar surface area (TPSA) is 173 Å². The van der Waals surface area contributed by atoms with E-state index in [1.165, 1.54) is 19.1 Å².